The topological polar surface area (TPSA) is 60.9 Å². The normalized spacial score (nSPS) is 20.8. The van der Waals surface area contributed by atoms with Crippen molar-refractivity contribution in [1.29, 1.82) is 0 Å². The lowest BCUT2D eigenvalue weighted by Gasteiger charge is -2.38. The largest absolute Gasteiger partial charge is 0.379 e. The zero-order chi connectivity index (χ0) is 19.2. The standard InChI is InChI=1S/C19H33N5O2S/c1-15(2)18(23-8-10-26-11-9-23)12-20-19(25)24-6-4-22(5-7-24)13-17-14-27-16(3)21-17/h14-15,18H,4-13H2,1-3H3,(H,20,25). The van der Waals surface area contributed by atoms with Crippen LogP contribution in [0.4, 0.5) is 4.79 Å². The summed E-state index contributed by atoms with van der Waals surface area (Å²) in [7, 11) is 0. The van der Waals surface area contributed by atoms with Gasteiger partial charge in [0.25, 0.3) is 0 Å². The number of amides is 2. The minimum atomic E-state index is 0.0677. The number of piperazine rings is 1. The Labute approximate surface area is 166 Å². The number of urea groups is 1. The molecule has 2 fully saturated rings. The van der Waals surface area contributed by atoms with E-state index in [1.807, 2.05) is 11.8 Å². The fourth-order valence-electron chi connectivity index (χ4n) is 3.82. The lowest BCUT2D eigenvalue weighted by molar-refractivity contribution is 0.00681. The van der Waals surface area contributed by atoms with Gasteiger partial charge in [0, 0.05) is 63.8 Å². The minimum Gasteiger partial charge on any atom is -0.379 e. The summed E-state index contributed by atoms with van der Waals surface area (Å²) >= 11 is 1.70. The molecule has 1 N–H and O–H groups in total. The molecule has 8 heteroatoms. The summed E-state index contributed by atoms with van der Waals surface area (Å²) in [6, 6.07) is 0.435. The number of nitrogens with zero attached hydrogens (tertiary/aromatic N) is 4. The van der Waals surface area contributed by atoms with Gasteiger partial charge in [-0.15, -0.1) is 11.3 Å². The Morgan fingerprint density at radius 3 is 2.52 bits per heavy atom. The molecule has 152 valence electrons. The summed E-state index contributed by atoms with van der Waals surface area (Å²) in [5, 5.41) is 6.42. The van der Waals surface area contributed by atoms with Crippen molar-refractivity contribution in [3.8, 4) is 0 Å². The molecule has 3 heterocycles. The molecule has 2 saturated heterocycles. The fourth-order valence-corrected chi connectivity index (χ4v) is 4.42. The van der Waals surface area contributed by atoms with Crippen LogP contribution in [0.15, 0.2) is 5.38 Å². The summed E-state index contributed by atoms with van der Waals surface area (Å²) in [6.45, 7) is 14.9. The first-order valence-electron chi connectivity index (χ1n) is 10.0. The number of hydrogen-bond acceptors (Lipinski definition) is 6. The van der Waals surface area contributed by atoms with Crippen LogP contribution in [0, 0.1) is 12.8 Å². The smallest absolute Gasteiger partial charge is 0.317 e. The van der Waals surface area contributed by atoms with E-state index in [2.05, 4.69) is 39.3 Å². The van der Waals surface area contributed by atoms with Crippen LogP contribution in [-0.4, -0.2) is 90.8 Å². The van der Waals surface area contributed by atoms with Crippen molar-refractivity contribution in [3.63, 3.8) is 0 Å². The van der Waals surface area contributed by atoms with Crippen molar-refractivity contribution >= 4 is 17.4 Å². The van der Waals surface area contributed by atoms with E-state index in [4.69, 9.17) is 4.74 Å². The predicted octanol–water partition coefficient (Wildman–Crippen LogP) is 1.64. The Balaban J connectivity index is 1.41. The van der Waals surface area contributed by atoms with E-state index in [9.17, 15) is 4.79 Å². The second kappa shape index (κ2) is 9.82. The Morgan fingerprint density at radius 1 is 1.22 bits per heavy atom. The maximum absolute atomic E-state index is 12.6. The highest BCUT2D eigenvalue weighted by atomic mass is 32.1. The molecule has 3 rings (SSSR count). The van der Waals surface area contributed by atoms with Gasteiger partial charge in [-0.05, 0) is 12.8 Å². The first-order chi connectivity index (χ1) is 13.0. The van der Waals surface area contributed by atoms with Crippen molar-refractivity contribution in [3.05, 3.63) is 16.1 Å². The van der Waals surface area contributed by atoms with Crippen LogP contribution < -0.4 is 5.32 Å². The van der Waals surface area contributed by atoms with E-state index in [1.54, 1.807) is 11.3 Å². The Kier molecular flexibility index (Phi) is 7.46. The number of ether oxygens (including phenoxy) is 1. The molecule has 0 aliphatic carbocycles. The summed E-state index contributed by atoms with van der Waals surface area (Å²) in [5.41, 5.74) is 1.14. The molecule has 2 amide bonds. The van der Waals surface area contributed by atoms with E-state index in [1.165, 1.54) is 0 Å². The van der Waals surface area contributed by atoms with Crippen molar-refractivity contribution in [2.24, 2.45) is 5.92 Å². The van der Waals surface area contributed by atoms with Crippen LogP contribution in [-0.2, 0) is 11.3 Å². The maximum atomic E-state index is 12.6. The van der Waals surface area contributed by atoms with Crippen LogP contribution in [0.1, 0.15) is 24.5 Å². The summed E-state index contributed by atoms with van der Waals surface area (Å²) in [5.74, 6) is 0.502. The van der Waals surface area contributed by atoms with Gasteiger partial charge in [0.15, 0.2) is 0 Å². The third-order valence-electron chi connectivity index (χ3n) is 5.46. The zero-order valence-electron chi connectivity index (χ0n) is 16.8. The van der Waals surface area contributed by atoms with Gasteiger partial charge in [0.2, 0.25) is 0 Å². The Hall–Kier alpha value is -1.22. The van der Waals surface area contributed by atoms with E-state index in [0.717, 1.165) is 69.7 Å². The van der Waals surface area contributed by atoms with Gasteiger partial charge >= 0.3 is 6.03 Å². The van der Waals surface area contributed by atoms with Gasteiger partial charge in [-0.25, -0.2) is 9.78 Å². The molecule has 27 heavy (non-hydrogen) atoms. The van der Waals surface area contributed by atoms with Gasteiger partial charge in [-0.3, -0.25) is 9.80 Å². The Morgan fingerprint density at radius 2 is 1.93 bits per heavy atom. The number of rotatable bonds is 6. The second-order valence-corrected chi connectivity index (χ2v) is 8.83. The van der Waals surface area contributed by atoms with E-state index < -0.39 is 0 Å². The van der Waals surface area contributed by atoms with Crippen LogP contribution in [0.25, 0.3) is 0 Å². The number of thiazole rings is 1. The van der Waals surface area contributed by atoms with Gasteiger partial charge in [-0.2, -0.15) is 0 Å². The molecule has 0 bridgehead atoms. The van der Waals surface area contributed by atoms with Gasteiger partial charge in [0.1, 0.15) is 0 Å². The zero-order valence-corrected chi connectivity index (χ0v) is 17.6. The second-order valence-electron chi connectivity index (χ2n) is 7.77. The van der Waals surface area contributed by atoms with Crippen LogP contribution in [0.3, 0.4) is 0 Å². The van der Waals surface area contributed by atoms with E-state index >= 15 is 0 Å². The fraction of sp³-hybridized carbons (Fsp3) is 0.789. The SMILES string of the molecule is Cc1nc(CN2CCN(C(=O)NCC(C(C)C)N3CCOCC3)CC2)cs1. The highest BCUT2D eigenvalue weighted by Crippen LogP contribution is 2.14. The minimum absolute atomic E-state index is 0.0677. The average molecular weight is 396 g/mol. The highest BCUT2D eigenvalue weighted by molar-refractivity contribution is 7.09. The highest BCUT2D eigenvalue weighted by Gasteiger charge is 2.26. The number of carbonyl (C=O) groups is 1. The third kappa shape index (κ3) is 5.88. The van der Waals surface area contributed by atoms with Gasteiger partial charge < -0.3 is 15.0 Å². The molecule has 2 aliphatic rings. The van der Waals surface area contributed by atoms with Gasteiger partial charge in [-0.1, -0.05) is 13.8 Å². The number of morpholine rings is 1. The summed E-state index contributed by atoms with van der Waals surface area (Å²) < 4.78 is 5.46. The average Bonchev–Trinajstić information content (AvgIpc) is 3.07. The van der Waals surface area contributed by atoms with Crippen molar-refractivity contribution in [2.75, 3.05) is 59.0 Å². The molecule has 0 aromatic carbocycles. The number of aromatic nitrogens is 1. The number of nitrogens with one attached hydrogen (secondary N) is 1. The van der Waals surface area contributed by atoms with Crippen molar-refractivity contribution < 1.29 is 9.53 Å². The third-order valence-corrected chi connectivity index (χ3v) is 6.28. The van der Waals surface area contributed by atoms with Crippen LogP contribution in [0.5, 0.6) is 0 Å². The Bertz CT molecular complexity index is 595. The van der Waals surface area contributed by atoms with Crippen LogP contribution in [0.2, 0.25) is 0 Å². The van der Waals surface area contributed by atoms with Crippen molar-refractivity contribution in [2.45, 2.75) is 33.4 Å². The first-order valence-corrected chi connectivity index (χ1v) is 10.9. The molecule has 7 nitrogen and oxygen atoms in total. The monoisotopic (exact) mass is 395 g/mol. The van der Waals surface area contributed by atoms with Crippen LogP contribution >= 0.6 is 11.3 Å². The quantitative estimate of drug-likeness (QED) is 0.793. The molecule has 1 aromatic heterocycles. The number of carbonyl (C=O) groups excluding carboxylic acids is 1. The van der Waals surface area contributed by atoms with Crippen molar-refractivity contribution in [1.82, 2.24) is 25.0 Å². The van der Waals surface area contributed by atoms with E-state index in [-0.39, 0.29) is 6.03 Å². The van der Waals surface area contributed by atoms with E-state index in [0.29, 0.717) is 18.5 Å². The molecular weight excluding hydrogens is 362 g/mol. The lowest BCUT2D eigenvalue weighted by Crippen LogP contribution is -2.55. The first kappa shape index (κ1) is 20.5. The summed E-state index contributed by atoms with van der Waals surface area (Å²) in [6.07, 6.45) is 0. The molecule has 1 atom stereocenters. The molecule has 1 aromatic rings. The molecule has 0 saturated carbocycles. The lowest BCUT2D eigenvalue weighted by atomic mass is 10.0. The number of hydrogen-bond donors (Lipinski definition) is 1. The maximum Gasteiger partial charge on any atom is 0.317 e. The summed E-state index contributed by atoms with van der Waals surface area (Å²) in [4.78, 5) is 23.9. The predicted molar refractivity (Wildman–Crippen MR) is 108 cm³/mol. The molecule has 1 unspecified atom stereocenters. The molecule has 0 radical (unpaired) electrons. The van der Waals surface area contributed by atoms with Gasteiger partial charge in [0.05, 0.1) is 23.9 Å². The molecular formula is C19H33N5O2S. The molecule has 0 spiro atoms. The molecule has 2 aliphatic heterocycles. The number of aryl methyl sites for hydroxylation is 1.